The molecule has 139 valence electrons. The number of imide groups is 1. The molecule has 27 heavy (non-hydrogen) atoms. The van der Waals surface area contributed by atoms with Crippen molar-refractivity contribution in [3.05, 3.63) is 30.7 Å². The predicted molar refractivity (Wildman–Crippen MR) is 95.5 cm³/mol. The highest BCUT2D eigenvalue weighted by Gasteiger charge is 2.64. The maximum atomic E-state index is 12.9. The molecule has 3 heterocycles. The minimum Gasteiger partial charge on any atom is -0.367 e. The van der Waals surface area contributed by atoms with Gasteiger partial charge in [-0.1, -0.05) is 0 Å². The zero-order valence-corrected chi connectivity index (χ0v) is 14.6. The maximum absolute atomic E-state index is 12.9. The first-order chi connectivity index (χ1) is 12.9. The first-order valence-corrected chi connectivity index (χ1v) is 9.18. The van der Waals surface area contributed by atoms with Crippen molar-refractivity contribution in [2.75, 3.05) is 16.3 Å². The van der Waals surface area contributed by atoms with Gasteiger partial charge in [0.1, 0.15) is 0 Å². The Morgan fingerprint density at radius 3 is 2.37 bits per heavy atom. The number of urea groups is 1. The van der Waals surface area contributed by atoms with Crippen molar-refractivity contribution >= 4 is 35.1 Å². The number of hydrogen-bond acceptors (Lipinski definition) is 4. The summed E-state index contributed by atoms with van der Waals surface area (Å²) >= 11 is 0. The number of amides is 5. The Hall–Kier alpha value is -2.90. The zero-order chi connectivity index (χ0) is 18.9. The summed E-state index contributed by atoms with van der Waals surface area (Å²) in [5.41, 5.74) is 4.93. The summed E-state index contributed by atoms with van der Waals surface area (Å²) in [5, 5.41) is 0. The summed E-state index contributed by atoms with van der Waals surface area (Å²) in [6.45, 7) is 0.285. The Kier molecular flexibility index (Phi) is 3.20. The van der Waals surface area contributed by atoms with E-state index in [1.165, 1.54) is 11.3 Å². The fourth-order valence-corrected chi connectivity index (χ4v) is 4.98. The van der Waals surface area contributed by atoms with Crippen molar-refractivity contribution in [3.8, 4) is 0 Å². The molecule has 2 bridgehead atoms. The minimum atomic E-state index is -1.68. The SMILES string of the molecule is NC(=O)[C@]12[CH]CCN1C(=O)N(c1ccc(N3C(=O)C4CCC3C4)cc1)C2=O. The first kappa shape index (κ1) is 16.3. The number of nitrogens with zero attached hydrogens (tertiary/aromatic N) is 3. The standard InChI is InChI=1S/C19H19N4O4/c20-16(25)19-8-1-9-21(19)18(27)23(17(19)26)13-6-4-12(5-7-13)22-14-3-2-11(10-14)15(22)24/h4-8,11,14H,1-3,9-10H2,(H2,20,25)/t11?,14?,19-/m0/s1. The third-order valence-corrected chi connectivity index (χ3v) is 6.29. The fourth-order valence-electron chi connectivity index (χ4n) is 4.98. The van der Waals surface area contributed by atoms with E-state index in [2.05, 4.69) is 0 Å². The van der Waals surface area contributed by atoms with Gasteiger partial charge in [-0.3, -0.25) is 14.4 Å². The van der Waals surface area contributed by atoms with Crippen LogP contribution < -0.4 is 15.5 Å². The van der Waals surface area contributed by atoms with Crippen molar-refractivity contribution in [3.63, 3.8) is 0 Å². The van der Waals surface area contributed by atoms with Gasteiger partial charge in [-0.2, -0.15) is 0 Å². The summed E-state index contributed by atoms with van der Waals surface area (Å²) in [5.74, 6) is -1.21. The van der Waals surface area contributed by atoms with Gasteiger partial charge in [-0.25, -0.2) is 9.69 Å². The lowest BCUT2D eigenvalue weighted by Crippen LogP contribution is -2.55. The second-order valence-electron chi connectivity index (χ2n) is 7.59. The molecule has 4 fully saturated rings. The molecule has 1 aromatic rings. The number of hydrogen-bond donors (Lipinski definition) is 1. The lowest BCUT2D eigenvalue weighted by molar-refractivity contribution is -0.134. The van der Waals surface area contributed by atoms with Gasteiger partial charge in [0, 0.05) is 30.6 Å². The molecule has 8 nitrogen and oxygen atoms in total. The molecule has 2 N–H and O–H groups in total. The van der Waals surface area contributed by atoms with E-state index in [-0.39, 0.29) is 24.4 Å². The predicted octanol–water partition coefficient (Wildman–Crippen LogP) is 0.803. The van der Waals surface area contributed by atoms with Crippen molar-refractivity contribution in [1.82, 2.24) is 4.90 Å². The lowest BCUT2D eigenvalue weighted by atomic mass is 9.95. The van der Waals surface area contributed by atoms with E-state index in [9.17, 15) is 19.2 Å². The van der Waals surface area contributed by atoms with E-state index < -0.39 is 23.4 Å². The van der Waals surface area contributed by atoms with Gasteiger partial charge in [0.25, 0.3) is 11.8 Å². The van der Waals surface area contributed by atoms with Gasteiger partial charge < -0.3 is 15.5 Å². The molecule has 1 aromatic carbocycles. The third kappa shape index (κ3) is 1.92. The quantitative estimate of drug-likeness (QED) is 0.630. The van der Waals surface area contributed by atoms with Crippen LogP contribution in [0, 0.1) is 12.3 Å². The molecule has 3 saturated heterocycles. The number of carbonyl (C=O) groups excluding carboxylic acids is 4. The van der Waals surface area contributed by atoms with Crippen LogP contribution in [0.1, 0.15) is 25.7 Å². The number of nitrogens with two attached hydrogens (primary N) is 1. The summed E-state index contributed by atoms with van der Waals surface area (Å²) in [6.07, 6.45) is 4.83. The highest BCUT2D eigenvalue weighted by molar-refractivity contribution is 6.32. The highest BCUT2D eigenvalue weighted by Crippen LogP contribution is 2.43. The van der Waals surface area contributed by atoms with E-state index in [0.717, 1.165) is 29.8 Å². The van der Waals surface area contributed by atoms with Crippen molar-refractivity contribution < 1.29 is 19.2 Å². The van der Waals surface area contributed by atoms with Crippen molar-refractivity contribution in [1.29, 1.82) is 0 Å². The number of carbonyl (C=O) groups is 4. The summed E-state index contributed by atoms with van der Waals surface area (Å²) in [4.78, 5) is 54.1. The zero-order valence-electron chi connectivity index (χ0n) is 14.6. The normalized spacial score (nSPS) is 32.0. The second-order valence-corrected chi connectivity index (χ2v) is 7.59. The summed E-state index contributed by atoms with van der Waals surface area (Å²) in [7, 11) is 0. The van der Waals surface area contributed by atoms with Crippen LogP contribution in [0.3, 0.4) is 0 Å². The second kappa shape index (κ2) is 5.31. The molecule has 1 saturated carbocycles. The molecule has 0 spiro atoms. The number of primary amides is 1. The largest absolute Gasteiger partial charge is 0.367 e. The molecule has 5 rings (SSSR count). The van der Waals surface area contributed by atoms with Crippen molar-refractivity contribution in [2.45, 2.75) is 37.3 Å². The third-order valence-electron chi connectivity index (χ3n) is 6.29. The van der Waals surface area contributed by atoms with Gasteiger partial charge in [0.05, 0.1) is 5.69 Å². The number of benzene rings is 1. The molecular formula is C19H19N4O4. The minimum absolute atomic E-state index is 0.120. The first-order valence-electron chi connectivity index (χ1n) is 9.18. The van der Waals surface area contributed by atoms with Crippen LogP contribution in [0.25, 0.3) is 0 Å². The van der Waals surface area contributed by atoms with Gasteiger partial charge in [-0.15, -0.1) is 0 Å². The van der Waals surface area contributed by atoms with Crippen LogP contribution in [0.2, 0.25) is 0 Å². The molecule has 4 aliphatic rings. The summed E-state index contributed by atoms with van der Waals surface area (Å²) in [6, 6.07) is 6.47. The topological polar surface area (TPSA) is 104 Å². The number of rotatable bonds is 3. The molecular weight excluding hydrogens is 348 g/mol. The molecule has 8 heteroatoms. The highest BCUT2D eigenvalue weighted by atomic mass is 16.2. The fraction of sp³-hybridized carbons (Fsp3) is 0.421. The molecule has 0 aromatic heterocycles. The van der Waals surface area contributed by atoms with E-state index in [4.69, 9.17) is 5.73 Å². The van der Waals surface area contributed by atoms with Gasteiger partial charge in [0.2, 0.25) is 11.4 Å². The molecule has 3 aliphatic heterocycles. The van der Waals surface area contributed by atoms with Gasteiger partial charge in [0.15, 0.2) is 0 Å². The van der Waals surface area contributed by atoms with Gasteiger partial charge in [-0.05, 0) is 49.9 Å². The Morgan fingerprint density at radius 2 is 1.78 bits per heavy atom. The van der Waals surface area contributed by atoms with E-state index in [0.29, 0.717) is 12.1 Å². The van der Waals surface area contributed by atoms with Crippen LogP contribution in [-0.4, -0.2) is 46.8 Å². The lowest BCUT2D eigenvalue weighted by Gasteiger charge is -2.27. The van der Waals surface area contributed by atoms with E-state index in [1.54, 1.807) is 24.3 Å². The summed E-state index contributed by atoms with van der Waals surface area (Å²) < 4.78 is 0. The molecule has 3 atom stereocenters. The van der Waals surface area contributed by atoms with Crippen molar-refractivity contribution in [2.24, 2.45) is 11.7 Å². The van der Waals surface area contributed by atoms with Crippen LogP contribution in [0.15, 0.2) is 24.3 Å². The monoisotopic (exact) mass is 367 g/mol. The molecule has 5 amide bonds. The van der Waals surface area contributed by atoms with Gasteiger partial charge >= 0.3 is 6.03 Å². The van der Waals surface area contributed by atoms with Crippen LogP contribution in [-0.2, 0) is 14.4 Å². The van der Waals surface area contributed by atoms with E-state index >= 15 is 0 Å². The molecule has 1 radical (unpaired) electrons. The number of piperidine rings is 1. The van der Waals surface area contributed by atoms with Crippen LogP contribution >= 0.6 is 0 Å². The number of anilines is 2. The molecule has 1 aliphatic carbocycles. The Bertz CT molecular complexity index is 882. The van der Waals surface area contributed by atoms with Crippen LogP contribution in [0.5, 0.6) is 0 Å². The maximum Gasteiger partial charge on any atom is 0.332 e. The number of fused-ring (bicyclic) bond motifs is 3. The van der Waals surface area contributed by atoms with E-state index in [1.807, 2.05) is 4.90 Å². The average Bonchev–Trinajstić information content (AvgIpc) is 3.39. The van der Waals surface area contributed by atoms with Crippen LogP contribution in [0.4, 0.5) is 16.2 Å². The smallest absolute Gasteiger partial charge is 0.332 e. The Labute approximate surface area is 155 Å². The Balaban J connectivity index is 1.46. The average molecular weight is 367 g/mol. The molecule has 2 unspecified atom stereocenters. The Morgan fingerprint density at radius 1 is 1.07 bits per heavy atom.